The summed E-state index contributed by atoms with van der Waals surface area (Å²) in [6, 6.07) is -0.135. The first-order valence-corrected chi connectivity index (χ1v) is 4.96. The molecule has 2 rings (SSSR count). The Hall–Kier alpha value is -0.650. The van der Waals surface area contributed by atoms with Crippen molar-refractivity contribution in [1.29, 1.82) is 0 Å². The Morgan fingerprint density at radius 1 is 1.57 bits per heavy atom. The molecule has 2 aliphatic heterocycles. The molecule has 0 aliphatic carbocycles. The number of piperazine rings is 1. The monoisotopic (exact) mass is 200 g/mol. The fourth-order valence-corrected chi connectivity index (χ4v) is 1.59. The molecule has 2 heterocycles. The second-order valence-corrected chi connectivity index (χ2v) is 3.80. The lowest BCUT2D eigenvalue weighted by Gasteiger charge is -2.34. The molecule has 0 aromatic carbocycles. The number of rotatable bonds is 2. The van der Waals surface area contributed by atoms with Crippen LogP contribution < -0.4 is 5.32 Å². The summed E-state index contributed by atoms with van der Waals surface area (Å²) in [6.45, 7) is 3.61. The van der Waals surface area contributed by atoms with Gasteiger partial charge >= 0.3 is 5.97 Å². The molecule has 1 N–H and O–H groups in total. The Morgan fingerprint density at radius 3 is 2.93 bits per heavy atom. The highest BCUT2D eigenvalue weighted by atomic mass is 16.6. The lowest BCUT2D eigenvalue weighted by molar-refractivity contribution is -0.177. The number of esters is 1. The molecule has 2 saturated heterocycles. The molecule has 0 bridgehead atoms. The minimum absolute atomic E-state index is 0.0159. The number of likely N-dealkylation sites (N-methyl/N-ethyl adjacent to an activating group) is 1. The minimum atomic E-state index is -0.135. The number of hydrogen-bond donors (Lipinski definition) is 1. The van der Waals surface area contributed by atoms with Crippen LogP contribution in [-0.2, 0) is 14.3 Å². The summed E-state index contributed by atoms with van der Waals surface area (Å²) in [5.74, 6) is -0.131. The number of carbonyl (C=O) groups is 1. The van der Waals surface area contributed by atoms with E-state index in [4.69, 9.17) is 9.47 Å². The molecule has 0 amide bonds. The van der Waals surface area contributed by atoms with Gasteiger partial charge in [0.2, 0.25) is 0 Å². The molecule has 80 valence electrons. The van der Waals surface area contributed by atoms with Crippen LogP contribution in [0.3, 0.4) is 0 Å². The van der Waals surface area contributed by atoms with E-state index in [0.29, 0.717) is 19.8 Å². The van der Waals surface area contributed by atoms with Gasteiger partial charge in [0.1, 0.15) is 12.1 Å². The van der Waals surface area contributed by atoms with Gasteiger partial charge in [0.05, 0.1) is 13.2 Å². The molecular formula is C9H16N2O3. The maximum atomic E-state index is 11.7. The van der Waals surface area contributed by atoms with E-state index in [1.807, 2.05) is 11.9 Å². The van der Waals surface area contributed by atoms with E-state index < -0.39 is 0 Å². The summed E-state index contributed by atoms with van der Waals surface area (Å²) >= 11 is 0. The van der Waals surface area contributed by atoms with Crippen LogP contribution in [-0.4, -0.2) is 62.9 Å². The van der Waals surface area contributed by atoms with E-state index in [1.165, 1.54) is 0 Å². The summed E-state index contributed by atoms with van der Waals surface area (Å²) in [7, 11) is 1.95. The molecule has 1 atom stereocenters. The Labute approximate surface area is 83.3 Å². The topological polar surface area (TPSA) is 50.8 Å². The molecule has 0 aromatic heterocycles. The molecule has 5 heteroatoms. The fourth-order valence-electron chi connectivity index (χ4n) is 1.59. The van der Waals surface area contributed by atoms with Crippen molar-refractivity contribution in [2.45, 2.75) is 12.1 Å². The number of carbonyl (C=O) groups excluding carboxylic acids is 1. The van der Waals surface area contributed by atoms with Gasteiger partial charge in [-0.2, -0.15) is 0 Å². The lowest BCUT2D eigenvalue weighted by Crippen LogP contribution is -2.55. The Bertz CT molecular complexity index is 218. The van der Waals surface area contributed by atoms with Gasteiger partial charge in [0.25, 0.3) is 0 Å². The highest BCUT2D eigenvalue weighted by molar-refractivity contribution is 5.76. The van der Waals surface area contributed by atoms with Crippen molar-refractivity contribution in [3.8, 4) is 0 Å². The Balaban J connectivity index is 1.82. The molecule has 2 fully saturated rings. The van der Waals surface area contributed by atoms with Crippen LogP contribution in [0, 0.1) is 0 Å². The van der Waals surface area contributed by atoms with E-state index in [0.717, 1.165) is 13.1 Å². The molecule has 1 unspecified atom stereocenters. The number of nitrogens with one attached hydrogen (secondary N) is 1. The molecule has 2 aliphatic rings. The van der Waals surface area contributed by atoms with Crippen molar-refractivity contribution < 1.29 is 14.3 Å². The Kier molecular flexibility index (Phi) is 3.00. The zero-order chi connectivity index (χ0) is 9.97. The summed E-state index contributed by atoms with van der Waals surface area (Å²) in [4.78, 5) is 13.7. The van der Waals surface area contributed by atoms with Crippen LogP contribution in [0.1, 0.15) is 0 Å². The summed E-state index contributed by atoms with van der Waals surface area (Å²) in [5, 5.41) is 3.18. The van der Waals surface area contributed by atoms with Gasteiger partial charge in [-0.1, -0.05) is 0 Å². The molecular weight excluding hydrogens is 184 g/mol. The summed E-state index contributed by atoms with van der Waals surface area (Å²) in [5.41, 5.74) is 0. The van der Waals surface area contributed by atoms with Crippen LogP contribution in [0.25, 0.3) is 0 Å². The molecule has 5 nitrogen and oxygen atoms in total. The third-order valence-corrected chi connectivity index (χ3v) is 2.67. The van der Waals surface area contributed by atoms with Gasteiger partial charge in [-0.05, 0) is 7.05 Å². The van der Waals surface area contributed by atoms with Gasteiger partial charge in [-0.15, -0.1) is 0 Å². The number of ether oxygens (including phenoxy) is 2. The van der Waals surface area contributed by atoms with Gasteiger partial charge in [0.15, 0.2) is 0 Å². The highest BCUT2D eigenvalue weighted by Gasteiger charge is 2.31. The Morgan fingerprint density at radius 2 is 2.36 bits per heavy atom. The van der Waals surface area contributed by atoms with Crippen molar-refractivity contribution in [1.82, 2.24) is 10.2 Å². The van der Waals surface area contributed by atoms with Crippen LogP contribution in [0.2, 0.25) is 0 Å². The molecule has 0 spiro atoms. The van der Waals surface area contributed by atoms with Gasteiger partial charge in [0, 0.05) is 19.6 Å². The second kappa shape index (κ2) is 4.25. The van der Waals surface area contributed by atoms with Gasteiger partial charge in [-0.3, -0.25) is 9.69 Å². The van der Waals surface area contributed by atoms with Crippen molar-refractivity contribution in [3.63, 3.8) is 0 Å². The molecule has 14 heavy (non-hydrogen) atoms. The van der Waals surface area contributed by atoms with Crippen molar-refractivity contribution in [3.05, 3.63) is 0 Å². The third kappa shape index (κ3) is 2.05. The van der Waals surface area contributed by atoms with Crippen LogP contribution in [0.5, 0.6) is 0 Å². The van der Waals surface area contributed by atoms with Crippen LogP contribution >= 0.6 is 0 Å². The van der Waals surface area contributed by atoms with Crippen molar-refractivity contribution >= 4 is 5.97 Å². The fraction of sp³-hybridized carbons (Fsp3) is 0.889. The van der Waals surface area contributed by atoms with E-state index >= 15 is 0 Å². The second-order valence-electron chi connectivity index (χ2n) is 3.80. The average molecular weight is 200 g/mol. The zero-order valence-corrected chi connectivity index (χ0v) is 8.36. The average Bonchev–Trinajstić information content (AvgIpc) is 2.12. The first kappa shape index (κ1) is 9.89. The zero-order valence-electron chi connectivity index (χ0n) is 8.36. The predicted molar refractivity (Wildman–Crippen MR) is 50.0 cm³/mol. The minimum Gasteiger partial charge on any atom is -0.456 e. The van der Waals surface area contributed by atoms with Crippen molar-refractivity contribution in [2.75, 3.05) is 39.9 Å². The first-order chi connectivity index (χ1) is 6.77. The normalized spacial score (nSPS) is 29.6. The smallest absolute Gasteiger partial charge is 0.325 e. The highest BCUT2D eigenvalue weighted by Crippen LogP contribution is 2.09. The van der Waals surface area contributed by atoms with Gasteiger partial charge < -0.3 is 14.8 Å². The largest absolute Gasteiger partial charge is 0.456 e. The van der Waals surface area contributed by atoms with E-state index in [9.17, 15) is 4.79 Å². The van der Waals surface area contributed by atoms with Crippen molar-refractivity contribution in [2.24, 2.45) is 0 Å². The third-order valence-electron chi connectivity index (χ3n) is 2.67. The SMILES string of the molecule is CN1CCNCC1C(=O)OC1COC1. The molecule has 0 radical (unpaired) electrons. The quantitative estimate of drug-likeness (QED) is 0.569. The number of hydrogen-bond acceptors (Lipinski definition) is 5. The van der Waals surface area contributed by atoms with Crippen LogP contribution in [0.15, 0.2) is 0 Å². The van der Waals surface area contributed by atoms with Gasteiger partial charge in [-0.25, -0.2) is 0 Å². The molecule has 0 saturated carbocycles. The van der Waals surface area contributed by atoms with E-state index in [1.54, 1.807) is 0 Å². The van der Waals surface area contributed by atoms with E-state index in [-0.39, 0.29) is 18.1 Å². The van der Waals surface area contributed by atoms with E-state index in [2.05, 4.69) is 5.32 Å². The maximum Gasteiger partial charge on any atom is 0.325 e. The van der Waals surface area contributed by atoms with Crippen LogP contribution in [0.4, 0.5) is 0 Å². The maximum absolute atomic E-state index is 11.7. The predicted octanol–water partition coefficient (Wildman–Crippen LogP) is -1.17. The lowest BCUT2D eigenvalue weighted by atomic mass is 10.2. The summed E-state index contributed by atoms with van der Waals surface area (Å²) in [6.07, 6.45) is -0.0159. The summed E-state index contributed by atoms with van der Waals surface area (Å²) < 4.78 is 10.2. The standard InChI is InChI=1S/C9H16N2O3/c1-11-3-2-10-4-8(11)9(12)14-7-5-13-6-7/h7-8,10H,2-6H2,1H3. The first-order valence-electron chi connectivity index (χ1n) is 4.96. The molecule has 0 aromatic rings. The number of nitrogens with zero attached hydrogens (tertiary/aromatic N) is 1.